The molecule has 1 fully saturated rings. The smallest absolute Gasteiger partial charge is 0.224 e. The van der Waals surface area contributed by atoms with Crippen molar-refractivity contribution < 1.29 is 9.53 Å². The van der Waals surface area contributed by atoms with Crippen LogP contribution in [0.3, 0.4) is 0 Å². The van der Waals surface area contributed by atoms with Crippen LogP contribution in [0.4, 0.5) is 0 Å². The Bertz CT molecular complexity index is 215. The molecule has 4 heteroatoms. The van der Waals surface area contributed by atoms with E-state index in [2.05, 4.69) is 0 Å². The van der Waals surface area contributed by atoms with Gasteiger partial charge in [-0.25, -0.2) is 0 Å². The Labute approximate surface area is 91.8 Å². The fourth-order valence-electron chi connectivity index (χ4n) is 1.81. The molecule has 0 atom stereocenters. The molecule has 15 heavy (non-hydrogen) atoms. The summed E-state index contributed by atoms with van der Waals surface area (Å²) < 4.78 is 4.94. The van der Waals surface area contributed by atoms with Crippen molar-refractivity contribution in [3.05, 3.63) is 0 Å². The van der Waals surface area contributed by atoms with Crippen molar-refractivity contribution in [2.75, 3.05) is 27.3 Å². The molecule has 0 spiro atoms. The molecule has 2 N–H and O–H groups in total. The number of methoxy groups -OCH3 is 1. The van der Waals surface area contributed by atoms with Crippen molar-refractivity contribution in [2.24, 2.45) is 5.73 Å². The Morgan fingerprint density at radius 1 is 1.53 bits per heavy atom. The molecule has 1 amide bonds. The predicted molar refractivity (Wildman–Crippen MR) is 59.5 cm³/mol. The molecule has 0 aromatic rings. The van der Waals surface area contributed by atoms with Crippen LogP contribution in [-0.2, 0) is 9.53 Å². The summed E-state index contributed by atoms with van der Waals surface area (Å²) in [6.07, 6.45) is 4.53. The predicted octanol–water partition coefficient (Wildman–Crippen LogP) is 0.753. The number of ether oxygens (including phenoxy) is 1. The van der Waals surface area contributed by atoms with Gasteiger partial charge in [0.1, 0.15) is 0 Å². The lowest BCUT2D eigenvalue weighted by atomic mass is 9.75. The van der Waals surface area contributed by atoms with Crippen LogP contribution in [0, 0.1) is 0 Å². The topological polar surface area (TPSA) is 55.6 Å². The van der Waals surface area contributed by atoms with Gasteiger partial charge in [-0.1, -0.05) is 0 Å². The summed E-state index contributed by atoms with van der Waals surface area (Å²) in [5.74, 6) is 0.160. The van der Waals surface area contributed by atoms with Gasteiger partial charge in [0.2, 0.25) is 5.91 Å². The zero-order valence-corrected chi connectivity index (χ0v) is 9.79. The summed E-state index contributed by atoms with van der Waals surface area (Å²) in [6.45, 7) is 1.45. The maximum Gasteiger partial charge on any atom is 0.224 e. The number of carbonyl (C=O) groups excluding carboxylic acids is 1. The van der Waals surface area contributed by atoms with Crippen LogP contribution >= 0.6 is 0 Å². The van der Waals surface area contributed by atoms with Crippen LogP contribution in [0.2, 0.25) is 0 Å². The monoisotopic (exact) mass is 214 g/mol. The molecule has 0 aromatic carbocycles. The molecule has 0 bridgehead atoms. The Morgan fingerprint density at radius 3 is 2.67 bits per heavy atom. The van der Waals surface area contributed by atoms with Gasteiger partial charge in [-0.3, -0.25) is 4.79 Å². The second kappa shape index (κ2) is 5.47. The lowest BCUT2D eigenvalue weighted by Crippen LogP contribution is -2.50. The molecule has 1 aliphatic carbocycles. The van der Waals surface area contributed by atoms with E-state index in [4.69, 9.17) is 10.5 Å². The summed E-state index contributed by atoms with van der Waals surface area (Å²) in [4.78, 5) is 13.5. The molecule has 1 saturated carbocycles. The zero-order valence-electron chi connectivity index (χ0n) is 9.79. The van der Waals surface area contributed by atoms with Crippen molar-refractivity contribution in [1.82, 2.24) is 4.90 Å². The average molecular weight is 214 g/mol. The lowest BCUT2D eigenvalue weighted by molar-refractivity contribution is -0.132. The highest BCUT2D eigenvalue weighted by atomic mass is 16.5. The average Bonchev–Trinajstić information content (AvgIpc) is 2.15. The third-order valence-corrected chi connectivity index (χ3v) is 3.12. The molecule has 4 nitrogen and oxygen atoms in total. The van der Waals surface area contributed by atoms with Crippen LogP contribution in [-0.4, -0.2) is 43.7 Å². The van der Waals surface area contributed by atoms with Gasteiger partial charge in [-0.15, -0.1) is 0 Å². The van der Waals surface area contributed by atoms with Crippen molar-refractivity contribution in [2.45, 2.75) is 37.6 Å². The quantitative estimate of drug-likeness (QED) is 0.664. The first kappa shape index (κ1) is 12.5. The Morgan fingerprint density at radius 2 is 2.20 bits per heavy atom. The number of nitrogens with two attached hydrogens (primary N) is 1. The molecular weight excluding hydrogens is 192 g/mol. The fraction of sp³-hybridized carbons (Fsp3) is 0.909. The van der Waals surface area contributed by atoms with Gasteiger partial charge in [0.15, 0.2) is 0 Å². The third kappa shape index (κ3) is 3.80. The maximum atomic E-state index is 11.8. The standard InChI is InChI=1S/C11H22N2O2/c1-13(7-4-8-15-2)10(14)9-11(12)5-3-6-11/h3-9,12H2,1-2H3. The molecule has 0 aliphatic heterocycles. The summed E-state index contributed by atoms with van der Waals surface area (Å²) in [5, 5.41) is 0. The summed E-state index contributed by atoms with van der Waals surface area (Å²) in [5.41, 5.74) is 5.82. The maximum absolute atomic E-state index is 11.8. The SMILES string of the molecule is COCCCN(C)C(=O)CC1(N)CCC1. The van der Waals surface area contributed by atoms with Crippen molar-refractivity contribution in [3.8, 4) is 0 Å². The lowest BCUT2D eigenvalue weighted by Gasteiger charge is -2.38. The number of nitrogens with zero attached hydrogens (tertiary/aromatic N) is 1. The first-order valence-corrected chi connectivity index (χ1v) is 5.59. The van der Waals surface area contributed by atoms with Gasteiger partial charge in [-0.05, 0) is 25.7 Å². The van der Waals surface area contributed by atoms with Crippen molar-refractivity contribution >= 4 is 5.91 Å². The number of rotatable bonds is 6. The first-order valence-electron chi connectivity index (χ1n) is 5.59. The van der Waals surface area contributed by atoms with Crippen molar-refractivity contribution in [3.63, 3.8) is 0 Å². The van der Waals surface area contributed by atoms with Gasteiger partial charge in [0.05, 0.1) is 0 Å². The summed E-state index contributed by atoms with van der Waals surface area (Å²) in [6, 6.07) is 0. The van der Waals surface area contributed by atoms with Gasteiger partial charge >= 0.3 is 0 Å². The van der Waals surface area contributed by atoms with E-state index >= 15 is 0 Å². The molecule has 1 rings (SSSR count). The largest absolute Gasteiger partial charge is 0.385 e. The molecular formula is C11H22N2O2. The van der Waals surface area contributed by atoms with E-state index in [1.165, 1.54) is 0 Å². The summed E-state index contributed by atoms with van der Waals surface area (Å²) >= 11 is 0. The molecule has 0 heterocycles. The van der Waals surface area contributed by atoms with Crippen LogP contribution < -0.4 is 5.73 Å². The van der Waals surface area contributed by atoms with Crippen LogP contribution in [0.25, 0.3) is 0 Å². The molecule has 0 radical (unpaired) electrons. The normalized spacial score (nSPS) is 18.3. The van der Waals surface area contributed by atoms with E-state index in [-0.39, 0.29) is 11.4 Å². The number of hydrogen-bond acceptors (Lipinski definition) is 3. The number of amides is 1. The first-order chi connectivity index (χ1) is 7.07. The summed E-state index contributed by atoms with van der Waals surface area (Å²) in [7, 11) is 3.51. The number of carbonyl (C=O) groups is 1. The molecule has 0 unspecified atom stereocenters. The second-order valence-electron chi connectivity index (χ2n) is 4.55. The van der Waals surface area contributed by atoms with Crippen LogP contribution in [0.1, 0.15) is 32.1 Å². The van der Waals surface area contributed by atoms with Gasteiger partial charge in [-0.2, -0.15) is 0 Å². The van der Waals surface area contributed by atoms with Gasteiger partial charge < -0.3 is 15.4 Å². The molecule has 1 aliphatic rings. The van der Waals surface area contributed by atoms with E-state index in [9.17, 15) is 4.79 Å². The van der Waals surface area contributed by atoms with Gasteiger partial charge in [0, 0.05) is 39.3 Å². The van der Waals surface area contributed by atoms with Crippen LogP contribution in [0.5, 0.6) is 0 Å². The minimum atomic E-state index is -0.202. The molecule has 88 valence electrons. The Hall–Kier alpha value is -0.610. The second-order valence-corrected chi connectivity index (χ2v) is 4.55. The van der Waals surface area contributed by atoms with E-state index in [1.54, 1.807) is 12.0 Å². The zero-order chi connectivity index (χ0) is 11.3. The van der Waals surface area contributed by atoms with Crippen molar-refractivity contribution in [1.29, 1.82) is 0 Å². The fourth-order valence-corrected chi connectivity index (χ4v) is 1.81. The van der Waals surface area contributed by atoms with E-state index < -0.39 is 0 Å². The van der Waals surface area contributed by atoms with E-state index in [1.807, 2.05) is 7.05 Å². The molecule has 0 aromatic heterocycles. The Kier molecular flexibility index (Phi) is 4.54. The molecule has 0 saturated heterocycles. The van der Waals surface area contributed by atoms with Crippen LogP contribution in [0.15, 0.2) is 0 Å². The highest BCUT2D eigenvalue weighted by Gasteiger charge is 2.35. The van der Waals surface area contributed by atoms with E-state index in [0.29, 0.717) is 13.0 Å². The minimum absolute atomic E-state index is 0.160. The van der Waals surface area contributed by atoms with Gasteiger partial charge in [0.25, 0.3) is 0 Å². The highest BCUT2D eigenvalue weighted by molar-refractivity contribution is 5.77. The van der Waals surface area contributed by atoms with E-state index in [0.717, 1.165) is 32.2 Å². The highest BCUT2D eigenvalue weighted by Crippen LogP contribution is 2.32. The Balaban J connectivity index is 2.20. The third-order valence-electron chi connectivity index (χ3n) is 3.12. The number of hydrogen-bond donors (Lipinski definition) is 1. The minimum Gasteiger partial charge on any atom is -0.385 e.